The number of hydrogen-bond acceptors (Lipinski definition) is 3. The van der Waals surface area contributed by atoms with Crippen molar-refractivity contribution in [3.8, 4) is 0 Å². The van der Waals surface area contributed by atoms with E-state index in [-0.39, 0.29) is 34.6 Å². The van der Waals surface area contributed by atoms with Gasteiger partial charge in [0, 0.05) is 36.0 Å². The highest BCUT2D eigenvalue weighted by Gasteiger charge is 2.62. The highest BCUT2D eigenvalue weighted by Crippen LogP contribution is 2.64. The van der Waals surface area contributed by atoms with E-state index in [2.05, 4.69) is 13.5 Å². The van der Waals surface area contributed by atoms with Gasteiger partial charge < -0.3 is 0 Å². The van der Waals surface area contributed by atoms with Crippen LogP contribution >= 0.6 is 0 Å². The summed E-state index contributed by atoms with van der Waals surface area (Å²) in [6, 6.07) is 0. The lowest BCUT2D eigenvalue weighted by Gasteiger charge is -2.56. The third-order valence-electron chi connectivity index (χ3n) is 7.33. The first-order valence-corrected chi connectivity index (χ1v) is 8.76. The Bertz CT molecular complexity index is 685. The van der Waals surface area contributed by atoms with Crippen LogP contribution in [0.15, 0.2) is 23.8 Å². The molecule has 0 aliphatic heterocycles. The van der Waals surface area contributed by atoms with Crippen molar-refractivity contribution in [2.45, 2.75) is 52.4 Å². The SMILES string of the molecule is C=C1C[C@@H]2[C@H](C(=O)C[C@]3(C)C(=O)CC[C@@H]23)[C@@]2(C)CCC(=O)C=C12. The van der Waals surface area contributed by atoms with Crippen LogP contribution in [0.2, 0.25) is 0 Å². The Morgan fingerprint density at radius 2 is 1.87 bits per heavy atom. The molecule has 0 aromatic heterocycles. The molecule has 0 aromatic carbocycles. The third kappa shape index (κ3) is 1.79. The molecule has 0 spiro atoms. The van der Waals surface area contributed by atoms with Gasteiger partial charge >= 0.3 is 0 Å². The minimum Gasteiger partial charge on any atom is -0.299 e. The van der Waals surface area contributed by atoms with Crippen molar-refractivity contribution >= 4 is 17.3 Å². The van der Waals surface area contributed by atoms with Crippen molar-refractivity contribution in [2.24, 2.45) is 28.6 Å². The monoisotopic (exact) mass is 312 g/mol. The van der Waals surface area contributed by atoms with Gasteiger partial charge in [-0.15, -0.1) is 0 Å². The van der Waals surface area contributed by atoms with Crippen LogP contribution in [-0.2, 0) is 14.4 Å². The quantitative estimate of drug-likeness (QED) is 0.688. The lowest BCUT2D eigenvalue weighted by molar-refractivity contribution is -0.148. The Balaban J connectivity index is 1.82. The van der Waals surface area contributed by atoms with Crippen LogP contribution in [0, 0.1) is 28.6 Å². The molecule has 0 radical (unpaired) electrons. The summed E-state index contributed by atoms with van der Waals surface area (Å²) in [6.45, 7) is 8.38. The Hall–Kier alpha value is -1.51. The molecule has 0 saturated heterocycles. The molecule has 23 heavy (non-hydrogen) atoms. The van der Waals surface area contributed by atoms with Gasteiger partial charge in [0.05, 0.1) is 0 Å². The zero-order chi connectivity index (χ0) is 16.6. The lowest BCUT2D eigenvalue weighted by Crippen LogP contribution is -2.55. The molecule has 4 aliphatic rings. The summed E-state index contributed by atoms with van der Waals surface area (Å²) in [5.41, 5.74) is 1.30. The zero-order valence-corrected chi connectivity index (χ0v) is 14.0. The van der Waals surface area contributed by atoms with E-state index in [4.69, 9.17) is 0 Å². The van der Waals surface area contributed by atoms with Crippen molar-refractivity contribution in [3.63, 3.8) is 0 Å². The van der Waals surface area contributed by atoms with E-state index in [0.717, 1.165) is 30.4 Å². The van der Waals surface area contributed by atoms with Crippen LogP contribution in [0.3, 0.4) is 0 Å². The Labute approximate surface area is 137 Å². The summed E-state index contributed by atoms with van der Waals surface area (Å²) >= 11 is 0. The van der Waals surface area contributed by atoms with Gasteiger partial charge in [-0.2, -0.15) is 0 Å². The number of fused-ring (bicyclic) bond motifs is 5. The maximum absolute atomic E-state index is 13.1. The predicted molar refractivity (Wildman–Crippen MR) is 86.6 cm³/mol. The standard InChI is InChI=1S/C20H24O3/c1-11-8-13-14-4-5-17(23)20(14,3)10-16(22)18(13)19(2)7-6-12(21)9-15(11)19/h9,13-14,18H,1,4-8,10H2,2-3H3/t13-,14-,18+,19-,20-/m0/s1. The van der Waals surface area contributed by atoms with E-state index >= 15 is 0 Å². The number of carbonyl (C=O) groups excluding carboxylic acids is 3. The number of hydrogen-bond donors (Lipinski definition) is 0. The van der Waals surface area contributed by atoms with E-state index in [1.807, 2.05) is 6.92 Å². The molecule has 122 valence electrons. The van der Waals surface area contributed by atoms with Crippen LogP contribution < -0.4 is 0 Å². The number of carbonyl (C=O) groups is 3. The van der Waals surface area contributed by atoms with E-state index in [1.165, 1.54) is 0 Å². The van der Waals surface area contributed by atoms with Crippen molar-refractivity contribution < 1.29 is 14.4 Å². The van der Waals surface area contributed by atoms with Crippen LogP contribution in [-0.4, -0.2) is 17.3 Å². The normalized spacial score (nSPS) is 46.2. The van der Waals surface area contributed by atoms with Gasteiger partial charge in [-0.1, -0.05) is 26.0 Å². The Morgan fingerprint density at radius 3 is 2.61 bits per heavy atom. The van der Waals surface area contributed by atoms with E-state index < -0.39 is 5.41 Å². The van der Waals surface area contributed by atoms with Gasteiger partial charge in [0.1, 0.15) is 11.6 Å². The molecular weight excluding hydrogens is 288 g/mol. The second kappa shape index (κ2) is 4.52. The summed E-state index contributed by atoms with van der Waals surface area (Å²) < 4.78 is 0. The van der Waals surface area contributed by atoms with Crippen molar-refractivity contribution in [1.82, 2.24) is 0 Å². The minimum atomic E-state index is -0.458. The minimum absolute atomic E-state index is 0.0451. The zero-order valence-electron chi connectivity index (χ0n) is 14.0. The fraction of sp³-hybridized carbons (Fsp3) is 0.650. The summed E-state index contributed by atoms with van der Waals surface area (Å²) in [7, 11) is 0. The van der Waals surface area contributed by atoms with E-state index in [9.17, 15) is 14.4 Å². The summed E-state index contributed by atoms with van der Waals surface area (Å²) in [5, 5.41) is 0. The Morgan fingerprint density at radius 1 is 1.13 bits per heavy atom. The van der Waals surface area contributed by atoms with Crippen LogP contribution in [0.5, 0.6) is 0 Å². The molecule has 3 heteroatoms. The molecule has 4 aliphatic carbocycles. The smallest absolute Gasteiger partial charge is 0.156 e. The second-order valence-electron chi connectivity index (χ2n) is 8.52. The summed E-state index contributed by atoms with van der Waals surface area (Å²) in [5.74, 6) is 1.13. The molecule has 5 atom stereocenters. The number of Topliss-reactive ketones (excluding diaryl/α,β-unsaturated/α-hetero) is 2. The number of rotatable bonds is 0. The average Bonchev–Trinajstić information content (AvgIpc) is 2.76. The number of ketones is 3. The predicted octanol–water partition coefficient (Wildman–Crippen LogP) is 3.43. The topological polar surface area (TPSA) is 51.2 Å². The summed E-state index contributed by atoms with van der Waals surface area (Å²) in [6.07, 6.45) is 5.67. The van der Waals surface area contributed by atoms with E-state index in [1.54, 1.807) is 6.08 Å². The van der Waals surface area contributed by atoms with Gasteiger partial charge in [-0.3, -0.25) is 14.4 Å². The molecule has 0 heterocycles. The molecule has 3 fully saturated rings. The first-order valence-electron chi connectivity index (χ1n) is 8.76. The summed E-state index contributed by atoms with van der Waals surface area (Å²) in [4.78, 5) is 37.4. The highest BCUT2D eigenvalue weighted by molar-refractivity contribution is 5.97. The van der Waals surface area contributed by atoms with Gasteiger partial charge in [0.2, 0.25) is 0 Å². The lowest BCUT2D eigenvalue weighted by atomic mass is 9.46. The van der Waals surface area contributed by atoms with Crippen molar-refractivity contribution in [2.75, 3.05) is 0 Å². The maximum atomic E-state index is 13.1. The molecule has 0 amide bonds. The molecule has 3 saturated carbocycles. The third-order valence-corrected chi connectivity index (χ3v) is 7.33. The fourth-order valence-electron chi connectivity index (χ4n) is 6.18. The van der Waals surface area contributed by atoms with Crippen molar-refractivity contribution in [3.05, 3.63) is 23.8 Å². The van der Waals surface area contributed by atoms with Gasteiger partial charge in [0.25, 0.3) is 0 Å². The first kappa shape index (κ1) is 15.0. The van der Waals surface area contributed by atoms with Gasteiger partial charge in [-0.25, -0.2) is 0 Å². The molecule has 0 N–H and O–H groups in total. The molecule has 4 rings (SSSR count). The largest absolute Gasteiger partial charge is 0.299 e. The molecular formula is C20H24O3. The molecule has 0 bridgehead atoms. The fourth-order valence-corrected chi connectivity index (χ4v) is 6.18. The number of allylic oxidation sites excluding steroid dienone is 2. The van der Waals surface area contributed by atoms with Crippen molar-refractivity contribution in [1.29, 1.82) is 0 Å². The van der Waals surface area contributed by atoms with Crippen LogP contribution in [0.1, 0.15) is 52.4 Å². The average molecular weight is 312 g/mol. The molecule has 0 unspecified atom stereocenters. The molecule has 3 nitrogen and oxygen atoms in total. The maximum Gasteiger partial charge on any atom is 0.156 e. The second-order valence-corrected chi connectivity index (χ2v) is 8.52. The van der Waals surface area contributed by atoms with Crippen LogP contribution in [0.25, 0.3) is 0 Å². The van der Waals surface area contributed by atoms with E-state index in [0.29, 0.717) is 25.2 Å². The highest BCUT2D eigenvalue weighted by atomic mass is 16.1. The van der Waals surface area contributed by atoms with Gasteiger partial charge in [-0.05, 0) is 42.7 Å². The van der Waals surface area contributed by atoms with Crippen LogP contribution in [0.4, 0.5) is 0 Å². The molecule has 0 aromatic rings. The Kier molecular flexibility index (Phi) is 2.96. The van der Waals surface area contributed by atoms with Gasteiger partial charge in [0.15, 0.2) is 5.78 Å². The first-order chi connectivity index (χ1) is 10.8.